The van der Waals surface area contributed by atoms with E-state index in [0.717, 1.165) is 22.2 Å². The van der Waals surface area contributed by atoms with Crippen molar-refractivity contribution in [3.8, 4) is 6.07 Å². The summed E-state index contributed by atoms with van der Waals surface area (Å²) in [4.78, 5) is 4.33. The molecular weight excluding hydrogens is 286 g/mol. The standard InChI is InChI=1S/C19H17N3O/c1-23-13-15-6-4-5-14(9-15)12-21-19-10-16(11-20)22-18-8-3-2-7-17(18)19/h2-10H,12-13H2,1H3,(H,21,22). The fraction of sp³-hybridized carbons (Fsp3) is 0.158. The van der Waals surface area contributed by atoms with E-state index in [1.54, 1.807) is 13.2 Å². The molecule has 23 heavy (non-hydrogen) atoms. The van der Waals surface area contributed by atoms with E-state index in [4.69, 9.17) is 10.00 Å². The molecule has 1 heterocycles. The summed E-state index contributed by atoms with van der Waals surface area (Å²) in [5, 5.41) is 13.6. The molecular formula is C19H17N3O. The summed E-state index contributed by atoms with van der Waals surface area (Å²) in [5.74, 6) is 0. The van der Waals surface area contributed by atoms with Gasteiger partial charge in [0.2, 0.25) is 0 Å². The lowest BCUT2D eigenvalue weighted by atomic mass is 10.1. The van der Waals surface area contributed by atoms with Crippen molar-refractivity contribution in [3.05, 3.63) is 71.4 Å². The third-order valence-electron chi connectivity index (χ3n) is 3.62. The maximum atomic E-state index is 9.15. The van der Waals surface area contributed by atoms with Crippen LogP contribution in [0.2, 0.25) is 0 Å². The molecule has 0 atom stereocenters. The number of hydrogen-bond donors (Lipinski definition) is 1. The summed E-state index contributed by atoms with van der Waals surface area (Å²) in [6.45, 7) is 1.28. The number of hydrogen-bond acceptors (Lipinski definition) is 4. The average molecular weight is 303 g/mol. The maximum absolute atomic E-state index is 9.15. The van der Waals surface area contributed by atoms with E-state index >= 15 is 0 Å². The Hall–Kier alpha value is -2.90. The number of para-hydroxylation sites is 1. The van der Waals surface area contributed by atoms with E-state index in [0.29, 0.717) is 18.8 Å². The van der Waals surface area contributed by atoms with Crippen molar-refractivity contribution >= 4 is 16.6 Å². The summed E-state index contributed by atoms with van der Waals surface area (Å²) in [7, 11) is 1.69. The first kappa shape index (κ1) is 15.0. The van der Waals surface area contributed by atoms with Gasteiger partial charge in [0.15, 0.2) is 0 Å². The van der Waals surface area contributed by atoms with Crippen LogP contribution in [0, 0.1) is 11.3 Å². The zero-order valence-electron chi connectivity index (χ0n) is 12.9. The Morgan fingerprint density at radius 3 is 2.74 bits per heavy atom. The van der Waals surface area contributed by atoms with E-state index in [9.17, 15) is 0 Å². The Balaban J connectivity index is 1.87. The Morgan fingerprint density at radius 2 is 1.91 bits per heavy atom. The first-order valence-corrected chi connectivity index (χ1v) is 7.40. The zero-order valence-corrected chi connectivity index (χ0v) is 12.9. The van der Waals surface area contributed by atoms with E-state index in [1.165, 1.54) is 5.56 Å². The lowest BCUT2D eigenvalue weighted by molar-refractivity contribution is 0.185. The Bertz CT molecular complexity index is 868. The summed E-state index contributed by atoms with van der Waals surface area (Å²) in [6.07, 6.45) is 0. The number of methoxy groups -OCH3 is 1. The number of rotatable bonds is 5. The van der Waals surface area contributed by atoms with Crippen LogP contribution in [0.25, 0.3) is 10.9 Å². The van der Waals surface area contributed by atoms with Crippen LogP contribution in [0.15, 0.2) is 54.6 Å². The molecule has 0 saturated heterocycles. The van der Waals surface area contributed by atoms with Crippen molar-refractivity contribution in [1.29, 1.82) is 5.26 Å². The molecule has 0 spiro atoms. The first-order chi connectivity index (χ1) is 11.3. The average Bonchev–Trinajstić information content (AvgIpc) is 2.60. The van der Waals surface area contributed by atoms with Crippen molar-refractivity contribution in [2.24, 2.45) is 0 Å². The number of nitrogens with one attached hydrogen (secondary N) is 1. The molecule has 4 nitrogen and oxygen atoms in total. The summed E-state index contributed by atoms with van der Waals surface area (Å²) in [6, 6.07) is 20.0. The van der Waals surface area contributed by atoms with E-state index in [-0.39, 0.29) is 0 Å². The number of pyridine rings is 1. The SMILES string of the molecule is COCc1cccc(CNc2cc(C#N)nc3ccccc23)c1. The lowest BCUT2D eigenvalue weighted by Gasteiger charge is -2.11. The molecule has 114 valence electrons. The minimum absolute atomic E-state index is 0.416. The van der Waals surface area contributed by atoms with Gasteiger partial charge in [0, 0.05) is 24.7 Å². The highest BCUT2D eigenvalue weighted by atomic mass is 16.5. The maximum Gasteiger partial charge on any atom is 0.143 e. The van der Waals surface area contributed by atoms with Crippen LogP contribution in [-0.4, -0.2) is 12.1 Å². The number of ether oxygens (including phenoxy) is 1. The predicted molar refractivity (Wildman–Crippen MR) is 90.9 cm³/mol. The fourth-order valence-corrected chi connectivity index (χ4v) is 2.57. The second-order valence-corrected chi connectivity index (χ2v) is 5.29. The number of benzene rings is 2. The lowest BCUT2D eigenvalue weighted by Crippen LogP contribution is -2.02. The molecule has 0 bridgehead atoms. The van der Waals surface area contributed by atoms with Gasteiger partial charge in [-0.05, 0) is 23.3 Å². The van der Waals surface area contributed by atoms with E-state index in [2.05, 4.69) is 28.5 Å². The molecule has 1 aromatic heterocycles. The minimum atomic E-state index is 0.416. The van der Waals surface area contributed by atoms with E-state index < -0.39 is 0 Å². The smallest absolute Gasteiger partial charge is 0.143 e. The van der Waals surface area contributed by atoms with Gasteiger partial charge in [-0.15, -0.1) is 0 Å². The zero-order chi connectivity index (χ0) is 16.1. The van der Waals surface area contributed by atoms with Crippen molar-refractivity contribution in [2.75, 3.05) is 12.4 Å². The monoisotopic (exact) mass is 303 g/mol. The van der Waals surface area contributed by atoms with Crippen LogP contribution >= 0.6 is 0 Å². The molecule has 4 heteroatoms. The predicted octanol–water partition coefficient (Wildman–Crippen LogP) is 3.86. The molecule has 0 saturated carbocycles. The van der Waals surface area contributed by atoms with Crippen LogP contribution in [0.5, 0.6) is 0 Å². The molecule has 2 aromatic carbocycles. The number of fused-ring (bicyclic) bond motifs is 1. The number of anilines is 1. The normalized spacial score (nSPS) is 10.4. The highest BCUT2D eigenvalue weighted by molar-refractivity contribution is 5.91. The van der Waals surface area contributed by atoms with Crippen molar-refractivity contribution in [1.82, 2.24) is 4.98 Å². The van der Waals surface area contributed by atoms with Gasteiger partial charge >= 0.3 is 0 Å². The van der Waals surface area contributed by atoms with Crippen molar-refractivity contribution in [3.63, 3.8) is 0 Å². The van der Waals surface area contributed by atoms with Crippen LogP contribution in [0.3, 0.4) is 0 Å². The molecule has 0 amide bonds. The quantitative estimate of drug-likeness (QED) is 0.777. The van der Waals surface area contributed by atoms with Gasteiger partial charge in [0.25, 0.3) is 0 Å². The topological polar surface area (TPSA) is 57.9 Å². The Morgan fingerprint density at radius 1 is 1.09 bits per heavy atom. The Kier molecular flexibility index (Phi) is 4.51. The first-order valence-electron chi connectivity index (χ1n) is 7.40. The highest BCUT2D eigenvalue weighted by Crippen LogP contribution is 2.23. The van der Waals surface area contributed by atoms with Gasteiger partial charge in [-0.25, -0.2) is 4.98 Å². The minimum Gasteiger partial charge on any atom is -0.380 e. The van der Waals surface area contributed by atoms with Gasteiger partial charge < -0.3 is 10.1 Å². The fourth-order valence-electron chi connectivity index (χ4n) is 2.57. The molecule has 0 aliphatic heterocycles. The highest BCUT2D eigenvalue weighted by Gasteiger charge is 2.05. The summed E-state index contributed by atoms with van der Waals surface area (Å²) >= 11 is 0. The van der Waals surface area contributed by atoms with Gasteiger partial charge in [-0.1, -0.05) is 42.5 Å². The molecule has 3 rings (SSSR count). The van der Waals surface area contributed by atoms with Crippen LogP contribution < -0.4 is 5.32 Å². The van der Waals surface area contributed by atoms with Gasteiger partial charge in [-0.2, -0.15) is 5.26 Å². The third kappa shape index (κ3) is 3.47. The number of nitriles is 1. The Labute approximate surface area is 135 Å². The molecule has 0 unspecified atom stereocenters. The number of nitrogens with zero attached hydrogens (tertiary/aromatic N) is 2. The van der Waals surface area contributed by atoms with Crippen LogP contribution in [0.4, 0.5) is 5.69 Å². The second kappa shape index (κ2) is 6.91. The molecule has 1 N–H and O–H groups in total. The molecule has 0 fully saturated rings. The largest absolute Gasteiger partial charge is 0.380 e. The van der Waals surface area contributed by atoms with Gasteiger partial charge in [0.05, 0.1) is 12.1 Å². The number of aromatic nitrogens is 1. The van der Waals surface area contributed by atoms with Crippen LogP contribution in [-0.2, 0) is 17.9 Å². The third-order valence-corrected chi connectivity index (χ3v) is 3.62. The van der Waals surface area contributed by atoms with Gasteiger partial charge in [-0.3, -0.25) is 0 Å². The van der Waals surface area contributed by atoms with Crippen molar-refractivity contribution in [2.45, 2.75) is 13.2 Å². The summed E-state index contributed by atoms with van der Waals surface area (Å²) in [5.41, 5.74) is 4.47. The van der Waals surface area contributed by atoms with E-state index in [1.807, 2.05) is 36.4 Å². The van der Waals surface area contributed by atoms with Crippen molar-refractivity contribution < 1.29 is 4.74 Å². The van der Waals surface area contributed by atoms with Gasteiger partial charge in [0.1, 0.15) is 11.8 Å². The molecule has 3 aromatic rings. The molecule has 0 radical (unpaired) electrons. The molecule has 0 aliphatic rings. The summed E-state index contributed by atoms with van der Waals surface area (Å²) < 4.78 is 5.17. The molecule has 0 aliphatic carbocycles. The van der Waals surface area contributed by atoms with Crippen LogP contribution in [0.1, 0.15) is 16.8 Å². The second-order valence-electron chi connectivity index (χ2n) is 5.29.